The van der Waals surface area contributed by atoms with Crippen LogP contribution in [0, 0.1) is 0 Å². The average Bonchev–Trinajstić information content (AvgIpc) is 2.54. The zero-order chi connectivity index (χ0) is 19.3. The van der Waals surface area contributed by atoms with Crippen LogP contribution in [-0.2, 0) is 10.2 Å². The summed E-state index contributed by atoms with van der Waals surface area (Å²) < 4.78 is 0. The predicted octanol–water partition coefficient (Wildman–Crippen LogP) is 4.38. The van der Waals surface area contributed by atoms with Crippen LogP contribution >= 0.6 is 11.6 Å². The van der Waals surface area contributed by atoms with Crippen LogP contribution in [0.2, 0.25) is 5.02 Å². The number of benzene rings is 2. The Morgan fingerprint density at radius 2 is 1.69 bits per heavy atom. The molecule has 2 aromatic carbocycles. The quantitative estimate of drug-likeness (QED) is 0.726. The standard InChI is InChI=1S/C20H24ClN3O2/c1-20(2,3)13-8-10-14(11-9-13)23-18(25)12-17(24-19(22)26)15-6-4-5-7-16(15)21/h4-11,17H,12H2,1-3H3,(H,23,25)(H3,22,24,26). The molecule has 1 unspecified atom stereocenters. The monoisotopic (exact) mass is 373 g/mol. The minimum absolute atomic E-state index is 0.0215. The minimum Gasteiger partial charge on any atom is -0.352 e. The minimum atomic E-state index is -0.711. The largest absolute Gasteiger partial charge is 0.352 e. The summed E-state index contributed by atoms with van der Waals surface area (Å²) in [5, 5.41) is 5.88. The number of hydrogen-bond acceptors (Lipinski definition) is 2. The van der Waals surface area contributed by atoms with Crippen LogP contribution < -0.4 is 16.4 Å². The molecule has 0 radical (unpaired) electrons. The molecule has 0 fully saturated rings. The number of carbonyl (C=O) groups is 2. The van der Waals surface area contributed by atoms with E-state index in [0.29, 0.717) is 16.3 Å². The lowest BCUT2D eigenvalue weighted by molar-refractivity contribution is -0.116. The summed E-state index contributed by atoms with van der Waals surface area (Å²) in [7, 11) is 0. The number of halogens is 1. The van der Waals surface area contributed by atoms with Crippen molar-refractivity contribution in [1.29, 1.82) is 0 Å². The Hall–Kier alpha value is -2.53. The number of hydrogen-bond donors (Lipinski definition) is 3. The summed E-state index contributed by atoms with van der Waals surface area (Å²) in [6.07, 6.45) is 0.0215. The van der Waals surface area contributed by atoms with Gasteiger partial charge in [-0.05, 0) is 34.7 Å². The highest BCUT2D eigenvalue weighted by molar-refractivity contribution is 6.31. The van der Waals surface area contributed by atoms with Gasteiger partial charge in [0.15, 0.2) is 0 Å². The Morgan fingerprint density at radius 3 is 2.23 bits per heavy atom. The van der Waals surface area contributed by atoms with Gasteiger partial charge in [0, 0.05) is 10.7 Å². The molecule has 2 rings (SSSR count). The van der Waals surface area contributed by atoms with Gasteiger partial charge in [-0.2, -0.15) is 0 Å². The van der Waals surface area contributed by atoms with Crippen molar-refractivity contribution < 1.29 is 9.59 Å². The van der Waals surface area contributed by atoms with Gasteiger partial charge in [-0.3, -0.25) is 4.79 Å². The molecule has 0 spiro atoms. The number of nitrogens with two attached hydrogens (primary N) is 1. The molecule has 0 aliphatic carbocycles. The molecule has 3 amide bonds. The maximum atomic E-state index is 12.4. The molecule has 0 aliphatic rings. The smallest absolute Gasteiger partial charge is 0.312 e. The molecule has 6 heteroatoms. The zero-order valence-electron chi connectivity index (χ0n) is 15.2. The third-order valence-corrected chi connectivity index (χ3v) is 4.37. The second-order valence-electron chi connectivity index (χ2n) is 7.16. The van der Waals surface area contributed by atoms with Gasteiger partial charge < -0.3 is 16.4 Å². The lowest BCUT2D eigenvalue weighted by Crippen LogP contribution is -2.35. The molecule has 0 saturated heterocycles. The van der Waals surface area contributed by atoms with E-state index in [2.05, 4.69) is 31.4 Å². The predicted molar refractivity (Wildman–Crippen MR) is 105 cm³/mol. The highest BCUT2D eigenvalue weighted by atomic mass is 35.5. The Bertz CT molecular complexity index is 782. The van der Waals surface area contributed by atoms with E-state index >= 15 is 0 Å². The van der Waals surface area contributed by atoms with Crippen molar-refractivity contribution in [2.24, 2.45) is 5.73 Å². The van der Waals surface area contributed by atoms with Crippen LogP contribution in [-0.4, -0.2) is 11.9 Å². The lowest BCUT2D eigenvalue weighted by atomic mass is 9.87. The molecule has 5 nitrogen and oxygen atoms in total. The highest BCUT2D eigenvalue weighted by Gasteiger charge is 2.20. The van der Waals surface area contributed by atoms with E-state index in [-0.39, 0.29) is 17.7 Å². The molecule has 0 aliphatic heterocycles. The van der Waals surface area contributed by atoms with Gasteiger partial charge in [0.1, 0.15) is 0 Å². The molecule has 0 bridgehead atoms. The Labute approximate surface area is 158 Å². The van der Waals surface area contributed by atoms with Crippen LogP contribution in [0.3, 0.4) is 0 Å². The van der Waals surface area contributed by atoms with Crippen molar-refractivity contribution in [2.45, 2.75) is 38.6 Å². The van der Waals surface area contributed by atoms with Crippen LogP contribution in [0.25, 0.3) is 0 Å². The number of anilines is 1. The van der Waals surface area contributed by atoms with Gasteiger partial charge in [0.2, 0.25) is 5.91 Å². The first-order valence-corrected chi connectivity index (χ1v) is 8.75. The number of amides is 3. The van der Waals surface area contributed by atoms with Crippen molar-refractivity contribution in [3.05, 3.63) is 64.7 Å². The van der Waals surface area contributed by atoms with E-state index in [9.17, 15) is 9.59 Å². The maximum absolute atomic E-state index is 12.4. The van der Waals surface area contributed by atoms with Gasteiger partial charge in [0.25, 0.3) is 0 Å². The highest BCUT2D eigenvalue weighted by Crippen LogP contribution is 2.26. The first-order valence-electron chi connectivity index (χ1n) is 8.37. The van der Waals surface area contributed by atoms with Crippen molar-refractivity contribution in [1.82, 2.24) is 5.32 Å². The topological polar surface area (TPSA) is 84.2 Å². The van der Waals surface area contributed by atoms with E-state index in [4.69, 9.17) is 17.3 Å². The van der Waals surface area contributed by atoms with Crippen LogP contribution in [0.5, 0.6) is 0 Å². The molecule has 0 saturated carbocycles. The zero-order valence-corrected chi connectivity index (χ0v) is 15.9. The third-order valence-electron chi connectivity index (χ3n) is 4.02. The molecule has 138 valence electrons. The number of urea groups is 1. The summed E-state index contributed by atoms with van der Waals surface area (Å²) in [6, 6.07) is 13.4. The second kappa shape index (κ2) is 8.23. The summed E-state index contributed by atoms with van der Waals surface area (Å²) in [5.41, 5.74) is 7.81. The molecule has 4 N–H and O–H groups in total. The van der Waals surface area contributed by atoms with Crippen LogP contribution in [0.1, 0.15) is 44.4 Å². The summed E-state index contributed by atoms with van der Waals surface area (Å²) in [4.78, 5) is 23.7. The molecule has 1 atom stereocenters. The Kier molecular flexibility index (Phi) is 6.27. The van der Waals surface area contributed by atoms with Crippen molar-refractivity contribution >= 4 is 29.2 Å². The maximum Gasteiger partial charge on any atom is 0.312 e. The Morgan fingerprint density at radius 1 is 1.08 bits per heavy atom. The summed E-state index contributed by atoms with van der Waals surface area (Å²) in [5.74, 6) is -0.243. The van der Waals surface area contributed by atoms with Gasteiger partial charge >= 0.3 is 6.03 Å². The number of nitrogens with one attached hydrogen (secondary N) is 2. The normalized spacial score (nSPS) is 12.3. The number of carbonyl (C=O) groups excluding carboxylic acids is 2. The lowest BCUT2D eigenvalue weighted by Gasteiger charge is -2.20. The first-order chi connectivity index (χ1) is 12.2. The summed E-state index contributed by atoms with van der Waals surface area (Å²) in [6.45, 7) is 6.39. The Balaban J connectivity index is 2.10. The number of rotatable bonds is 5. The molecule has 0 aromatic heterocycles. The number of primary amides is 1. The molecule has 26 heavy (non-hydrogen) atoms. The van der Waals surface area contributed by atoms with Crippen LogP contribution in [0.15, 0.2) is 48.5 Å². The van der Waals surface area contributed by atoms with E-state index in [1.54, 1.807) is 24.3 Å². The molecular formula is C20H24ClN3O2. The summed E-state index contributed by atoms with van der Waals surface area (Å²) >= 11 is 6.18. The molecule has 2 aromatic rings. The second-order valence-corrected chi connectivity index (χ2v) is 7.57. The van der Waals surface area contributed by atoms with Crippen molar-refractivity contribution in [2.75, 3.05) is 5.32 Å². The van der Waals surface area contributed by atoms with Crippen LogP contribution in [0.4, 0.5) is 10.5 Å². The van der Waals surface area contributed by atoms with Crippen molar-refractivity contribution in [3.8, 4) is 0 Å². The van der Waals surface area contributed by atoms with E-state index in [0.717, 1.165) is 0 Å². The fourth-order valence-electron chi connectivity index (χ4n) is 2.62. The van der Waals surface area contributed by atoms with Crippen molar-refractivity contribution in [3.63, 3.8) is 0 Å². The van der Waals surface area contributed by atoms with Gasteiger partial charge in [-0.1, -0.05) is 62.7 Å². The van der Waals surface area contributed by atoms with Gasteiger partial charge in [0.05, 0.1) is 12.5 Å². The molecular weight excluding hydrogens is 350 g/mol. The third kappa shape index (κ3) is 5.49. The van der Waals surface area contributed by atoms with Gasteiger partial charge in [-0.15, -0.1) is 0 Å². The average molecular weight is 374 g/mol. The fourth-order valence-corrected chi connectivity index (χ4v) is 2.89. The van der Waals surface area contributed by atoms with E-state index in [1.807, 2.05) is 24.3 Å². The fraction of sp³-hybridized carbons (Fsp3) is 0.300. The van der Waals surface area contributed by atoms with Gasteiger partial charge in [-0.25, -0.2) is 4.79 Å². The molecule has 0 heterocycles. The first kappa shape index (κ1) is 19.8. The van der Waals surface area contributed by atoms with E-state index < -0.39 is 12.1 Å². The van der Waals surface area contributed by atoms with E-state index in [1.165, 1.54) is 5.56 Å². The SMILES string of the molecule is CC(C)(C)c1ccc(NC(=O)CC(NC(N)=O)c2ccccc2Cl)cc1.